The number of hydrogen-bond donors (Lipinski definition) is 1. The van der Waals surface area contributed by atoms with E-state index in [1.54, 1.807) is 22.3 Å². The van der Waals surface area contributed by atoms with Gasteiger partial charge in [-0.25, -0.2) is 4.39 Å². The average molecular weight is 360 g/mol. The molecule has 1 aromatic heterocycles. The van der Waals surface area contributed by atoms with Crippen molar-refractivity contribution in [2.24, 2.45) is 0 Å². The Morgan fingerprint density at radius 2 is 2.20 bits per heavy atom. The first-order valence-corrected chi connectivity index (χ1v) is 9.35. The summed E-state index contributed by atoms with van der Waals surface area (Å²) in [5.74, 6) is -0.301. The zero-order valence-electron chi connectivity index (χ0n) is 13.9. The number of aryl methyl sites for hydroxylation is 1. The van der Waals surface area contributed by atoms with Gasteiger partial charge in [-0.3, -0.25) is 9.59 Å². The molecular formula is C19H21FN2O2S. The van der Waals surface area contributed by atoms with Crippen molar-refractivity contribution in [2.75, 3.05) is 6.54 Å². The fourth-order valence-corrected chi connectivity index (χ4v) is 3.79. The van der Waals surface area contributed by atoms with Crippen LogP contribution in [0.5, 0.6) is 0 Å². The van der Waals surface area contributed by atoms with Gasteiger partial charge in [0, 0.05) is 17.8 Å². The molecule has 1 N–H and O–H groups in total. The zero-order valence-corrected chi connectivity index (χ0v) is 14.7. The molecule has 0 spiro atoms. The Morgan fingerprint density at radius 3 is 2.96 bits per heavy atom. The SMILES string of the molecule is O=C(NCCCc1cccc(F)c1)C1CCC(=O)N1Cc1cccs1. The lowest BCUT2D eigenvalue weighted by atomic mass is 10.1. The molecular weight excluding hydrogens is 339 g/mol. The van der Waals surface area contributed by atoms with Crippen LogP contribution in [-0.4, -0.2) is 29.3 Å². The van der Waals surface area contributed by atoms with Crippen molar-refractivity contribution in [1.29, 1.82) is 0 Å². The van der Waals surface area contributed by atoms with Crippen molar-refractivity contribution in [3.05, 3.63) is 58.0 Å². The zero-order chi connectivity index (χ0) is 17.6. The highest BCUT2D eigenvalue weighted by Gasteiger charge is 2.35. The Labute approximate surface area is 150 Å². The summed E-state index contributed by atoms with van der Waals surface area (Å²) in [6, 6.07) is 10.0. The molecule has 0 radical (unpaired) electrons. The first kappa shape index (κ1) is 17.6. The van der Waals surface area contributed by atoms with E-state index in [0.717, 1.165) is 16.9 Å². The molecule has 132 valence electrons. The fraction of sp³-hybridized carbons (Fsp3) is 0.368. The second-order valence-electron chi connectivity index (χ2n) is 6.18. The smallest absolute Gasteiger partial charge is 0.242 e. The quantitative estimate of drug-likeness (QED) is 0.771. The molecule has 3 rings (SSSR count). The summed E-state index contributed by atoms with van der Waals surface area (Å²) in [6.07, 6.45) is 2.44. The fourth-order valence-electron chi connectivity index (χ4n) is 3.09. The highest BCUT2D eigenvalue weighted by Crippen LogP contribution is 2.23. The van der Waals surface area contributed by atoms with E-state index in [1.807, 2.05) is 23.6 Å². The van der Waals surface area contributed by atoms with Crippen molar-refractivity contribution < 1.29 is 14.0 Å². The molecule has 1 saturated heterocycles. The van der Waals surface area contributed by atoms with Crippen molar-refractivity contribution in [3.63, 3.8) is 0 Å². The van der Waals surface area contributed by atoms with Crippen molar-refractivity contribution >= 4 is 23.2 Å². The monoisotopic (exact) mass is 360 g/mol. The molecule has 1 aromatic carbocycles. The molecule has 0 bridgehead atoms. The molecule has 2 aromatic rings. The number of nitrogens with zero attached hydrogens (tertiary/aromatic N) is 1. The minimum Gasteiger partial charge on any atom is -0.354 e. The topological polar surface area (TPSA) is 49.4 Å². The summed E-state index contributed by atoms with van der Waals surface area (Å²) in [5, 5.41) is 4.89. The van der Waals surface area contributed by atoms with Crippen LogP contribution < -0.4 is 5.32 Å². The van der Waals surface area contributed by atoms with Gasteiger partial charge >= 0.3 is 0 Å². The molecule has 1 fully saturated rings. The maximum atomic E-state index is 13.1. The van der Waals surface area contributed by atoms with Crippen LogP contribution in [0.2, 0.25) is 0 Å². The molecule has 2 heterocycles. The number of carbonyl (C=O) groups is 2. The Morgan fingerprint density at radius 1 is 1.32 bits per heavy atom. The lowest BCUT2D eigenvalue weighted by molar-refractivity contribution is -0.135. The normalized spacial score (nSPS) is 17.1. The van der Waals surface area contributed by atoms with Gasteiger partial charge in [-0.05, 0) is 48.4 Å². The largest absolute Gasteiger partial charge is 0.354 e. The lowest BCUT2D eigenvalue weighted by Crippen LogP contribution is -2.44. The third-order valence-electron chi connectivity index (χ3n) is 4.37. The highest BCUT2D eigenvalue weighted by molar-refractivity contribution is 7.09. The molecule has 1 aliphatic heterocycles. The molecule has 6 heteroatoms. The molecule has 1 atom stereocenters. The molecule has 0 saturated carbocycles. The van der Waals surface area contributed by atoms with E-state index in [0.29, 0.717) is 32.4 Å². The van der Waals surface area contributed by atoms with Crippen LogP contribution >= 0.6 is 11.3 Å². The maximum Gasteiger partial charge on any atom is 0.242 e. The van der Waals surface area contributed by atoms with Gasteiger partial charge in [-0.1, -0.05) is 18.2 Å². The Balaban J connectivity index is 1.47. The second kappa shape index (κ2) is 8.25. The molecule has 25 heavy (non-hydrogen) atoms. The molecule has 1 aliphatic rings. The van der Waals surface area contributed by atoms with Gasteiger partial charge in [-0.15, -0.1) is 11.3 Å². The number of hydrogen-bond acceptors (Lipinski definition) is 3. The molecule has 2 amide bonds. The third kappa shape index (κ3) is 4.66. The van der Waals surface area contributed by atoms with Gasteiger partial charge in [0.15, 0.2) is 0 Å². The predicted molar refractivity (Wildman–Crippen MR) is 95.6 cm³/mol. The number of carbonyl (C=O) groups excluding carboxylic acids is 2. The Kier molecular flexibility index (Phi) is 5.81. The number of halogens is 1. The first-order valence-electron chi connectivity index (χ1n) is 8.47. The van der Waals surface area contributed by atoms with Gasteiger partial charge in [0.2, 0.25) is 11.8 Å². The van der Waals surface area contributed by atoms with Gasteiger partial charge in [0.05, 0.1) is 6.54 Å². The van der Waals surface area contributed by atoms with E-state index in [2.05, 4.69) is 5.32 Å². The Bertz CT molecular complexity index is 733. The molecule has 0 aliphatic carbocycles. The summed E-state index contributed by atoms with van der Waals surface area (Å²) in [6.45, 7) is 1.02. The number of rotatable bonds is 7. The van der Waals surface area contributed by atoms with E-state index in [1.165, 1.54) is 12.1 Å². The second-order valence-corrected chi connectivity index (χ2v) is 7.21. The van der Waals surface area contributed by atoms with Crippen LogP contribution in [0.4, 0.5) is 4.39 Å². The van der Waals surface area contributed by atoms with Gasteiger partial charge in [0.25, 0.3) is 0 Å². The van der Waals surface area contributed by atoms with Crippen molar-refractivity contribution in [2.45, 2.75) is 38.3 Å². The van der Waals surface area contributed by atoms with Crippen LogP contribution in [0.3, 0.4) is 0 Å². The number of nitrogens with one attached hydrogen (secondary N) is 1. The summed E-state index contributed by atoms with van der Waals surface area (Å²) < 4.78 is 13.1. The summed E-state index contributed by atoms with van der Waals surface area (Å²) in [7, 11) is 0. The first-order chi connectivity index (χ1) is 12.1. The van der Waals surface area contributed by atoms with Gasteiger partial charge in [-0.2, -0.15) is 0 Å². The minimum atomic E-state index is -0.385. The van der Waals surface area contributed by atoms with E-state index in [-0.39, 0.29) is 23.7 Å². The molecule has 1 unspecified atom stereocenters. The Hall–Kier alpha value is -2.21. The van der Waals surface area contributed by atoms with Crippen LogP contribution in [-0.2, 0) is 22.6 Å². The maximum absolute atomic E-state index is 13.1. The standard InChI is InChI=1S/C19H21FN2O2S/c20-15-6-1-4-14(12-15)5-2-10-21-19(24)17-8-9-18(23)22(17)13-16-7-3-11-25-16/h1,3-4,6-7,11-12,17H,2,5,8-10,13H2,(H,21,24). The van der Waals surface area contributed by atoms with Crippen LogP contribution in [0.1, 0.15) is 29.7 Å². The van der Waals surface area contributed by atoms with Crippen LogP contribution in [0, 0.1) is 5.82 Å². The van der Waals surface area contributed by atoms with Crippen LogP contribution in [0.15, 0.2) is 41.8 Å². The minimum absolute atomic E-state index is 0.0355. The molecule has 4 nitrogen and oxygen atoms in total. The van der Waals surface area contributed by atoms with E-state index < -0.39 is 0 Å². The van der Waals surface area contributed by atoms with Crippen LogP contribution in [0.25, 0.3) is 0 Å². The van der Waals surface area contributed by atoms with Crippen molar-refractivity contribution in [3.8, 4) is 0 Å². The van der Waals surface area contributed by atoms with Crippen molar-refractivity contribution in [1.82, 2.24) is 10.2 Å². The van der Waals surface area contributed by atoms with E-state index >= 15 is 0 Å². The van der Waals surface area contributed by atoms with E-state index in [4.69, 9.17) is 0 Å². The summed E-state index contributed by atoms with van der Waals surface area (Å²) >= 11 is 1.59. The number of amides is 2. The number of likely N-dealkylation sites (tertiary alicyclic amines) is 1. The lowest BCUT2D eigenvalue weighted by Gasteiger charge is -2.23. The van der Waals surface area contributed by atoms with Gasteiger partial charge in [0.1, 0.15) is 11.9 Å². The summed E-state index contributed by atoms with van der Waals surface area (Å²) in [4.78, 5) is 27.3. The summed E-state index contributed by atoms with van der Waals surface area (Å²) in [5.41, 5.74) is 0.921. The predicted octanol–water partition coefficient (Wildman–Crippen LogP) is 3.13. The van der Waals surface area contributed by atoms with Gasteiger partial charge < -0.3 is 10.2 Å². The number of thiophene rings is 1. The third-order valence-corrected chi connectivity index (χ3v) is 5.23. The van der Waals surface area contributed by atoms with E-state index in [9.17, 15) is 14.0 Å². The average Bonchev–Trinajstić information content (AvgIpc) is 3.23. The number of benzene rings is 1. The highest BCUT2D eigenvalue weighted by atomic mass is 32.1.